The van der Waals surface area contributed by atoms with E-state index in [0.29, 0.717) is 18.0 Å². The van der Waals surface area contributed by atoms with Crippen LogP contribution in [0, 0.1) is 19.8 Å². The minimum Gasteiger partial charge on any atom is -0.307 e. The summed E-state index contributed by atoms with van der Waals surface area (Å²) in [7, 11) is 0. The van der Waals surface area contributed by atoms with Gasteiger partial charge in [0.25, 0.3) is 0 Å². The summed E-state index contributed by atoms with van der Waals surface area (Å²) in [6, 6.07) is 0.946. The van der Waals surface area contributed by atoms with Gasteiger partial charge in [0.1, 0.15) is 0 Å². The molecule has 0 bridgehead atoms. The first-order valence-corrected chi connectivity index (χ1v) is 7.22. The molecule has 2 unspecified atom stereocenters. The number of hydrogen-bond donors (Lipinski definition) is 1. The maximum atomic E-state index is 4.60. The zero-order valence-electron chi connectivity index (χ0n) is 13.0. The molecule has 1 N–H and O–H groups in total. The van der Waals surface area contributed by atoms with Gasteiger partial charge in [-0.25, -0.2) is 0 Å². The zero-order valence-corrected chi connectivity index (χ0v) is 13.0. The molecule has 0 saturated heterocycles. The van der Waals surface area contributed by atoms with Crippen molar-refractivity contribution in [3.8, 4) is 0 Å². The first-order valence-electron chi connectivity index (χ1n) is 7.22. The summed E-state index contributed by atoms with van der Waals surface area (Å²) in [6.45, 7) is 16.4. The van der Waals surface area contributed by atoms with Crippen LogP contribution in [-0.2, 0) is 6.54 Å². The lowest BCUT2D eigenvalue weighted by Crippen LogP contribution is -2.35. The molecule has 3 heteroatoms. The van der Waals surface area contributed by atoms with Gasteiger partial charge in [-0.1, -0.05) is 20.8 Å². The minimum absolute atomic E-state index is 0.373. The van der Waals surface area contributed by atoms with E-state index < -0.39 is 0 Å². The Balaban J connectivity index is 2.90. The molecular formula is C15H29N3. The normalized spacial score (nSPS) is 15.1. The molecule has 104 valence electrons. The second-order valence-corrected chi connectivity index (χ2v) is 5.55. The number of nitrogens with one attached hydrogen (secondary N) is 1. The van der Waals surface area contributed by atoms with Crippen molar-refractivity contribution in [2.24, 2.45) is 5.92 Å². The lowest BCUT2D eigenvalue weighted by Gasteiger charge is -2.25. The van der Waals surface area contributed by atoms with Crippen molar-refractivity contribution in [3.05, 3.63) is 17.0 Å². The highest BCUT2D eigenvalue weighted by molar-refractivity contribution is 5.27. The molecule has 0 aromatic carbocycles. The summed E-state index contributed by atoms with van der Waals surface area (Å²) in [5.74, 6) is 0.666. The quantitative estimate of drug-likeness (QED) is 0.837. The van der Waals surface area contributed by atoms with E-state index in [1.807, 2.05) is 0 Å². The summed E-state index contributed by atoms with van der Waals surface area (Å²) >= 11 is 0. The number of rotatable bonds is 6. The third-order valence-corrected chi connectivity index (χ3v) is 3.88. The van der Waals surface area contributed by atoms with E-state index in [1.54, 1.807) is 0 Å². The summed E-state index contributed by atoms with van der Waals surface area (Å²) in [5, 5.41) is 8.35. The van der Waals surface area contributed by atoms with Crippen LogP contribution in [-0.4, -0.2) is 15.8 Å². The van der Waals surface area contributed by atoms with Crippen LogP contribution in [0.5, 0.6) is 0 Å². The summed E-state index contributed by atoms with van der Waals surface area (Å²) < 4.78 is 2.10. The van der Waals surface area contributed by atoms with E-state index in [0.717, 1.165) is 12.2 Å². The van der Waals surface area contributed by atoms with Crippen molar-refractivity contribution in [2.45, 2.75) is 73.5 Å². The Morgan fingerprint density at radius 3 is 2.17 bits per heavy atom. The first-order chi connectivity index (χ1) is 8.42. The SMILES string of the molecule is CCC(NC(C)c1c(C)nn(CC)c1C)C(C)C. The summed E-state index contributed by atoms with van der Waals surface area (Å²) in [5.41, 5.74) is 3.83. The van der Waals surface area contributed by atoms with Gasteiger partial charge in [0.05, 0.1) is 5.69 Å². The van der Waals surface area contributed by atoms with Gasteiger partial charge in [0, 0.05) is 29.9 Å². The largest absolute Gasteiger partial charge is 0.307 e. The highest BCUT2D eigenvalue weighted by Gasteiger charge is 2.20. The molecule has 1 heterocycles. The topological polar surface area (TPSA) is 29.9 Å². The highest BCUT2D eigenvalue weighted by atomic mass is 15.3. The standard InChI is InChI=1S/C15H29N3/c1-8-14(10(3)4)16-11(5)15-12(6)17-18(9-2)13(15)7/h10-11,14,16H,8-9H2,1-7H3. The second-order valence-electron chi connectivity index (χ2n) is 5.55. The average Bonchev–Trinajstić information content (AvgIpc) is 2.60. The maximum Gasteiger partial charge on any atom is 0.0644 e. The predicted molar refractivity (Wildman–Crippen MR) is 77.8 cm³/mol. The Morgan fingerprint density at radius 1 is 1.17 bits per heavy atom. The Morgan fingerprint density at radius 2 is 1.78 bits per heavy atom. The van der Waals surface area contributed by atoms with Gasteiger partial charge in [-0.05, 0) is 40.0 Å². The predicted octanol–water partition coefficient (Wildman–Crippen LogP) is 3.61. The third kappa shape index (κ3) is 3.14. The fourth-order valence-electron chi connectivity index (χ4n) is 2.83. The molecule has 3 nitrogen and oxygen atoms in total. The lowest BCUT2D eigenvalue weighted by atomic mass is 9.98. The molecule has 0 spiro atoms. The van der Waals surface area contributed by atoms with Crippen molar-refractivity contribution < 1.29 is 0 Å². The van der Waals surface area contributed by atoms with Crippen LogP contribution in [0.15, 0.2) is 0 Å². The molecule has 1 rings (SSSR count). The molecular weight excluding hydrogens is 222 g/mol. The molecule has 0 aliphatic rings. The molecule has 18 heavy (non-hydrogen) atoms. The van der Waals surface area contributed by atoms with Gasteiger partial charge in [0.2, 0.25) is 0 Å². The van der Waals surface area contributed by atoms with Crippen LogP contribution in [0.4, 0.5) is 0 Å². The van der Waals surface area contributed by atoms with Gasteiger partial charge in [-0.15, -0.1) is 0 Å². The Labute approximate surface area is 112 Å². The Kier molecular flexibility index (Phi) is 5.39. The van der Waals surface area contributed by atoms with Crippen LogP contribution >= 0.6 is 0 Å². The molecule has 0 aliphatic carbocycles. The second kappa shape index (κ2) is 6.37. The average molecular weight is 251 g/mol. The number of nitrogens with zero attached hydrogens (tertiary/aromatic N) is 2. The molecule has 0 aliphatic heterocycles. The van der Waals surface area contributed by atoms with E-state index in [1.165, 1.54) is 17.7 Å². The van der Waals surface area contributed by atoms with E-state index in [2.05, 4.69) is 63.6 Å². The van der Waals surface area contributed by atoms with E-state index in [4.69, 9.17) is 0 Å². The van der Waals surface area contributed by atoms with Crippen molar-refractivity contribution in [2.75, 3.05) is 0 Å². The van der Waals surface area contributed by atoms with Crippen LogP contribution in [0.3, 0.4) is 0 Å². The minimum atomic E-state index is 0.373. The zero-order chi connectivity index (χ0) is 13.9. The molecule has 0 radical (unpaired) electrons. The van der Waals surface area contributed by atoms with Crippen molar-refractivity contribution in [3.63, 3.8) is 0 Å². The first kappa shape index (κ1) is 15.2. The molecule has 0 saturated carbocycles. The number of aryl methyl sites for hydroxylation is 2. The van der Waals surface area contributed by atoms with Crippen LogP contribution in [0.25, 0.3) is 0 Å². The fraction of sp³-hybridized carbons (Fsp3) is 0.800. The van der Waals surface area contributed by atoms with E-state index in [-0.39, 0.29) is 0 Å². The number of aromatic nitrogens is 2. The summed E-state index contributed by atoms with van der Waals surface area (Å²) in [6.07, 6.45) is 1.17. The maximum absolute atomic E-state index is 4.60. The molecule has 0 amide bonds. The fourth-order valence-corrected chi connectivity index (χ4v) is 2.83. The van der Waals surface area contributed by atoms with E-state index in [9.17, 15) is 0 Å². The van der Waals surface area contributed by atoms with Gasteiger partial charge < -0.3 is 5.32 Å². The molecule has 0 fully saturated rings. The van der Waals surface area contributed by atoms with Crippen LogP contribution < -0.4 is 5.32 Å². The van der Waals surface area contributed by atoms with Gasteiger partial charge >= 0.3 is 0 Å². The van der Waals surface area contributed by atoms with Crippen molar-refractivity contribution in [1.29, 1.82) is 0 Å². The lowest BCUT2D eigenvalue weighted by molar-refractivity contribution is 0.354. The van der Waals surface area contributed by atoms with Crippen molar-refractivity contribution >= 4 is 0 Å². The Hall–Kier alpha value is -0.830. The third-order valence-electron chi connectivity index (χ3n) is 3.88. The molecule has 1 aromatic rings. The van der Waals surface area contributed by atoms with Crippen LogP contribution in [0.2, 0.25) is 0 Å². The molecule has 2 atom stereocenters. The molecule has 1 aromatic heterocycles. The van der Waals surface area contributed by atoms with Crippen LogP contribution in [0.1, 0.15) is 64.0 Å². The Bertz CT molecular complexity index is 379. The van der Waals surface area contributed by atoms with Crippen molar-refractivity contribution in [1.82, 2.24) is 15.1 Å². The number of hydrogen-bond acceptors (Lipinski definition) is 2. The summed E-state index contributed by atoms with van der Waals surface area (Å²) in [4.78, 5) is 0. The smallest absolute Gasteiger partial charge is 0.0644 e. The monoisotopic (exact) mass is 251 g/mol. The van der Waals surface area contributed by atoms with Gasteiger partial charge in [-0.3, -0.25) is 4.68 Å². The van der Waals surface area contributed by atoms with E-state index >= 15 is 0 Å². The van der Waals surface area contributed by atoms with Gasteiger partial charge in [-0.2, -0.15) is 5.10 Å². The van der Waals surface area contributed by atoms with Gasteiger partial charge in [0.15, 0.2) is 0 Å². The highest BCUT2D eigenvalue weighted by Crippen LogP contribution is 2.23.